The van der Waals surface area contributed by atoms with E-state index in [2.05, 4.69) is 5.32 Å². The maximum absolute atomic E-state index is 13.0. The Morgan fingerprint density at radius 1 is 0.966 bits per heavy atom. The van der Waals surface area contributed by atoms with Crippen molar-refractivity contribution in [3.05, 3.63) is 70.8 Å². The van der Waals surface area contributed by atoms with Gasteiger partial charge in [-0.2, -0.15) is 0 Å². The molecule has 2 aliphatic heterocycles. The van der Waals surface area contributed by atoms with Crippen molar-refractivity contribution in [3.8, 4) is 0 Å². The third-order valence-corrected chi connectivity index (χ3v) is 5.55. The molecule has 0 aromatic heterocycles. The molecule has 1 atom stereocenters. The minimum Gasteiger partial charge on any atom is -0.357 e. The van der Waals surface area contributed by atoms with E-state index in [0.717, 1.165) is 16.0 Å². The predicted octanol–water partition coefficient (Wildman–Crippen LogP) is 1.37. The number of hydrogen-bond acceptors (Lipinski definition) is 4. The van der Waals surface area contributed by atoms with Gasteiger partial charge in [0.05, 0.1) is 11.1 Å². The molecule has 2 aliphatic rings. The van der Waals surface area contributed by atoms with Gasteiger partial charge in [0.25, 0.3) is 11.8 Å². The molecule has 0 spiro atoms. The number of nitrogens with zero attached hydrogens (tertiary/aromatic N) is 2. The van der Waals surface area contributed by atoms with Gasteiger partial charge >= 0.3 is 0 Å². The molecule has 1 unspecified atom stereocenters. The third kappa shape index (κ3) is 3.29. The maximum atomic E-state index is 13.0. The van der Waals surface area contributed by atoms with Crippen molar-refractivity contribution in [1.29, 1.82) is 0 Å². The van der Waals surface area contributed by atoms with E-state index in [0.29, 0.717) is 24.1 Å². The Kier molecular flexibility index (Phi) is 4.88. The van der Waals surface area contributed by atoms with E-state index in [1.165, 1.54) is 0 Å². The van der Waals surface area contributed by atoms with Crippen molar-refractivity contribution in [2.45, 2.75) is 25.4 Å². The van der Waals surface area contributed by atoms with E-state index >= 15 is 0 Å². The van der Waals surface area contributed by atoms with Crippen LogP contribution in [0.5, 0.6) is 0 Å². The number of likely N-dealkylation sites (N-methyl/N-ethyl adjacent to an activating group) is 1. The fraction of sp³-hybridized carbons (Fsp3) is 0.273. The highest BCUT2D eigenvalue weighted by molar-refractivity contribution is 6.21. The van der Waals surface area contributed by atoms with Crippen molar-refractivity contribution >= 4 is 23.6 Å². The summed E-state index contributed by atoms with van der Waals surface area (Å²) in [6.07, 6.45) is 0.412. The largest absolute Gasteiger partial charge is 0.357 e. The monoisotopic (exact) mass is 391 g/mol. The van der Waals surface area contributed by atoms with Crippen LogP contribution in [0, 0.1) is 0 Å². The molecular formula is C22H21N3O4. The first kappa shape index (κ1) is 18.9. The fourth-order valence-electron chi connectivity index (χ4n) is 3.98. The molecule has 0 radical (unpaired) electrons. The van der Waals surface area contributed by atoms with Gasteiger partial charge in [0, 0.05) is 33.0 Å². The average molecular weight is 391 g/mol. The molecule has 0 saturated heterocycles. The first-order valence-corrected chi connectivity index (χ1v) is 9.54. The van der Waals surface area contributed by atoms with Crippen LogP contribution in [0.25, 0.3) is 0 Å². The van der Waals surface area contributed by atoms with Crippen molar-refractivity contribution in [3.63, 3.8) is 0 Å². The highest BCUT2D eigenvalue weighted by Gasteiger charge is 2.37. The van der Waals surface area contributed by atoms with E-state index in [9.17, 15) is 19.2 Å². The van der Waals surface area contributed by atoms with Gasteiger partial charge in [-0.05, 0) is 23.3 Å². The third-order valence-electron chi connectivity index (χ3n) is 5.55. The van der Waals surface area contributed by atoms with Gasteiger partial charge in [-0.25, -0.2) is 0 Å². The molecule has 7 heteroatoms. The van der Waals surface area contributed by atoms with Crippen LogP contribution in [0.3, 0.4) is 0 Å². The summed E-state index contributed by atoms with van der Waals surface area (Å²) >= 11 is 0. The van der Waals surface area contributed by atoms with E-state index < -0.39 is 6.04 Å². The van der Waals surface area contributed by atoms with Crippen LogP contribution >= 0.6 is 0 Å². The average Bonchev–Trinajstić information content (AvgIpc) is 3.00. The molecule has 0 fully saturated rings. The van der Waals surface area contributed by atoms with E-state index in [-0.39, 0.29) is 36.6 Å². The predicted molar refractivity (Wildman–Crippen MR) is 105 cm³/mol. The van der Waals surface area contributed by atoms with Gasteiger partial charge in [0.1, 0.15) is 6.04 Å². The quantitative estimate of drug-likeness (QED) is 0.798. The fourth-order valence-corrected chi connectivity index (χ4v) is 3.98. The topological polar surface area (TPSA) is 86.8 Å². The van der Waals surface area contributed by atoms with Crippen molar-refractivity contribution in [2.75, 3.05) is 13.6 Å². The second-order valence-electron chi connectivity index (χ2n) is 7.18. The molecule has 0 aliphatic carbocycles. The normalized spacial score (nSPS) is 17.8. The molecule has 2 aromatic carbocycles. The Morgan fingerprint density at radius 2 is 1.55 bits per heavy atom. The van der Waals surface area contributed by atoms with Gasteiger partial charge in [-0.3, -0.25) is 24.1 Å². The van der Waals surface area contributed by atoms with Crippen LogP contribution in [0.4, 0.5) is 0 Å². The number of benzene rings is 2. The van der Waals surface area contributed by atoms with Gasteiger partial charge in [-0.1, -0.05) is 36.4 Å². The summed E-state index contributed by atoms with van der Waals surface area (Å²) in [5.74, 6) is -1.26. The van der Waals surface area contributed by atoms with E-state index in [4.69, 9.17) is 0 Å². The Balaban J connectivity index is 1.50. The summed E-state index contributed by atoms with van der Waals surface area (Å²) in [6, 6.07) is 13.8. The number of rotatable bonds is 4. The first-order valence-electron chi connectivity index (χ1n) is 9.54. The van der Waals surface area contributed by atoms with Crippen LogP contribution in [0.1, 0.15) is 38.3 Å². The summed E-state index contributed by atoms with van der Waals surface area (Å²) < 4.78 is 0. The summed E-state index contributed by atoms with van der Waals surface area (Å²) in [5.41, 5.74) is 2.77. The maximum Gasteiger partial charge on any atom is 0.261 e. The van der Waals surface area contributed by atoms with Crippen LogP contribution in [0.2, 0.25) is 0 Å². The van der Waals surface area contributed by atoms with Gasteiger partial charge < -0.3 is 10.2 Å². The lowest BCUT2D eigenvalue weighted by Crippen LogP contribution is -2.52. The number of nitrogens with one attached hydrogen (secondary N) is 1. The zero-order valence-corrected chi connectivity index (χ0v) is 16.1. The Hall–Kier alpha value is -3.48. The van der Waals surface area contributed by atoms with Crippen molar-refractivity contribution in [2.24, 2.45) is 0 Å². The minimum absolute atomic E-state index is 0.0101. The highest BCUT2D eigenvalue weighted by atomic mass is 16.2. The van der Waals surface area contributed by atoms with Crippen molar-refractivity contribution < 1.29 is 19.2 Å². The molecular weight excluding hydrogens is 370 g/mol. The molecule has 2 heterocycles. The minimum atomic E-state index is -0.607. The number of fused-ring (bicyclic) bond motifs is 2. The van der Waals surface area contributed by atoms with Crippen LogP contribution in [-0.2, 0) is 22.6 Å². The Labute approximate surface area is 168 Å². The van der Waals surface area contributed by atoms with Crippen LogP contribution < -0.4 is 5.32 Å². The van der Waals surface area contributed by atoms with Gasteiger partial charge in [0.15, 0.2) is 0 Å². The first-order chi connectivity index (χ1) is 14.0. The van der Waals surface area contributed by atoms with E-state index in [1.54, 1.807) is 36.2 Å². The lowest BCUT2D eigenvalue weighted by atomic mass is 9.93. The van der Waals surface area contributed by atoms with Crippen LogP contribution in [0.15, 0.2) is 48.5 Å². The SMILES string of the molecule is CNC(=O)C1Cc2ccccc2CN1C(=O)CCN1C(=O)c2ccccc2C1=O. The molecule has 7 nitrogen and oxygen atoms in total. The molecule has 4 rings (SSSR count). The second kappa shape index (κ2) is 7.50. The molecule has 29 heavy (non-hydrogen) atoms. The molecule has 148 valence electrons. The second-order valence-corrected chi connectivity index (χ2v) is 7.18. The molecule has 0 saturated carbocycles. The molecule has 0 bridgehead atoms. The standard InChI is InChI=1S/C22H21N3O4/c1-23-20(27)18-12-14-6-2-3-7-15(14)13-25(18)19(26)10-11-24-21(28)16-8-4-5-9-17(16)22(24)29/h2-9,18H,10-13H2,1H3,(H,23,27). The molecule has 4 amide bonds. The summed E-state index contributed by atoms with van der Waals surface area (Å²) in [7, 11) is 1.55. The molecule has 2 aromatic rings. The highest BCUT2D eigenvalue weighted by Crippen LogP contribution is 2.26. The van der Waals surface area contributed by atoms with Crippen molar-refractivity contribution in [1.82, 2.24) is 15.1 Å². The van der Waals surface area contributed by atoms with Gasteiger partial charge in [-0.15, -0.1) is 0 Å². The van der Waals surface area contributed by atoms with Gasteiger partial charge in [0.2, 0.25) is 11.8 Å². The number of imide groups is 1. The zero-order chi connectivity index (χ0) is 20.5. The smallest absolute Gasteiger partial charge is 0.261 e. The number of amides is 4. The van der Waals surface area contributed by atoms with Crippen LogP contribution in [-0.4, -0.2) is 53.1 Å². The lowest BCUT2D eigenvalue weighted by Gasteiger charge is -2.36. The lowest BCUT2D eigenvalue weighted by molar-refractivity contribution is -0.141. The number of carbonyl (C=O) groups is 4. The zero-order valence-electron chi connectivity index (χ0n) is 16.1. The summed E-state index contributed by atoms with van der Waals surface area (Å²) in [5, 5.41) is 2.62. The Bertz CT molecular complexity index is 982. The number of hydrogen-bond donors (Lipinski definition) is 1. The Morgan fingerprint density at radius 3 is 2.17 bits per heavy atom. The summed E-state index contributed by atoms with van der Waals surface area (Å²) in [4.78, 5) is 53.0. The molecule has 1 N–H and O–H groups in total. The van der Waals surface area contributed by atoms with E-state index in [1.807, 2.05) is 24.3 Å². The summed E-state index contributed by atoms with van der Waals surface area (Å²) in [6.45, 7) is 0.318. The number of carbonyl (C=O) groups excluding carboxylic acids is 4.